The van der Waals surface area contributed by atoms with Crippen LogP contribution < -0.4 is 14.8 Å². The summed E-state index contributed by atoms with van der Waals surface area (Å²) in [5.74, 6) is 2.33. The van der Waals surface area contributed by atoms with Crippen LogP contribution in [0.2, 0.25) is 0 Å². The average molecular weight is 282 g/mol. The maximum atomic E-state index is 6.01. The molecule has 3 rings (SSSR count). The normalized spacial score (nSPS) is 13.5. The lowest BCUT2D eigenvalue weighted by atomic mass is 10.1. The van der Waals surface area contributed by atoms with Crippen LogP contribution in [0.3, 0.4) is 0 Å². The third-order valence-electron chi connectivity index (χ3n) is 3.35. The van der Waals surface area contributed by atoms with E-state index in [-0.39, 0.29) is 0 Å². The fourth-order valence-corrected chi connectivity index (χ4v) is 2.32. The number of nitrogens with one attached hydrogen (secondary N) is 1. The minimum Gasteiger partial charge on any atom is -0.493 e. The molecule has 1 heterocycles. The van der Waals surface area contributed by atoms with Gasteiger partial charge in [-0.3, -0.25) is 4.99 Å². The van der Waals surface area contributed by atoms with Crippen molar-refractivity contribution in [1.29, 1.82) is 0 Å². The van der Waals surface area contributed by atoms with Crippen LogP contribution in [0.5, 0.6) is 11.5 Å². The lowest BCUT2D eigenvalue weighted by Gasteiger charge is -2.15. The predicted molar refractivity (Wildman–Crippen MR) is 83.2 cm³/mol. The molecule has 2 aromatic carbocycles. The van der Waals surface area contributed by atoms with Crippen molar-refractivity contribution in [2.45, 2.75) is 6.61 Å². The van der Waals surface area contributed by atoms with Gasteiger partial charge in [-0.25, -0.2) is 0 Å². The SMILES string of the molecule is COc1cccc(C2=NCCN2)c1OCc1ccccc1. The van der Waals surface area contributed by atoms with Crippen molar-refractivity contribution in [3.05, 3.63) is 59.7 Å². The molecule has 1 aliphatic rings. The average Bonchev–Trinajstić information content (AvgIpc) is 3.08. The highest BCUT2D eigenvalue weighted by molar-refractivity contribution is 6.02. The van der Waals surface area contributed by atoms with Crippen molar-refractivity contribution in [2.24, 2.45) is 4.99 Å². The van der Waals surface area contributed by atoms with Crippen LogP contribution in [-0.2, 0) is 6.61 Å². The molecule has 0 bridgehead atoms. The van der Waals surface area contributed by atoms with Gasteiger partial charge in [0.15, 0.2) is 11.5 Å². The number of amidine groups is 1. The maximum absolute atomic E-state index is 6.01. The van der Waals surface area contributed by atoms with Crippen LogP contribution in [0.25, 0.3) is 0 Å². The predicted octanol–water partition coefficient (Wildman–Crippen LogP) is 2.62. The van der Waals surface area contributed by atoms with Gasteiger partial charge >= 0.3 is 0 Å². The van der Waals surface area contributed by atoms with Crippen LogP contribution in [0.15, 0.2) is 53.5 Å². The van der Waals surface area contributed by atoms with Crippen molar-refractivity contribution in [3.8, 4) is 11.5 Å². The van der Waals surface area contributed by atoms with Gasteiger partial charge in [-0.1, -0.05) is 36.4 Å². The lowest BCUT2D eigenvalue weighted by molar-refractivity contribution is 0.284. The maximum Gasteiger partial charge on any atom is 0.172 e. The number of methoxy groups -OCH3 is 1. The Morgan fingerprint density at radius 3 is 2.67 bits per heavy atom. The second-order valence-corrected chi connectivity index (χ2v) is 4.77. The molecule has 0 aromatic heterocycles. The summed E-state index contributed by atoms with van der Waals surface area (Å²) in [6, 6.07) is 15.9. The number of para-hydroxylation sites is 1. The summed E-state index contributed by atoms with van der Waals surface area (Å²) in [5, 5.41) is 3.28. The number of benzene rings is 2. The molecule has 0 saturated carbocycles. The Morgan fingerprint density at radius 2 is 1.95 bits per heavy atom. The second-order valence-electron chi connectivity index (χ2n) is 4.77. The standard InChI is InChI=1S/C17H18N2O2/c1-20-15-9-5-8-14(17-18-10-11-19-17)16(15)21-12-13-6-3-2-4-7-13/h2-9H,10-12H2,1H3,(H,18,19). The third kappa shape index (κ3) is 2.99. The van der Waals surface area contributed by atoms with Gasteiger partial charge in [0.2, 0.25) is 0 Å². The van der Waals surface area contributed by atoms with Gasteiger partial charge in [-0.15, -0.1) is 0 Å². The number of aliphatic imine (C=N–C) groups is 1. The van der Waals surface area contributed by atoms with Gasteiger partial charge in [0.05, 0.1) is 19.2 Å². The fourth-order valence-electron chi connectivity index (χ4n) is 2.32. The number of hydrogen-bond donors (Lipinski definition) is 1. The molecule has 4 heteroatoms. The lowest BCUT2D eigenvalue weighted by Crippen LogP contribution is -2.20. The van der Waals surface area contributed by atoms with E-state index in [1.165, 1.54) is 0 Å². The molecule has 0 unspecified atom stereocenters. The van der Waals surface area contributed by atoms with Crippen molar-refractivity contribution in [1.82, 2.24) is 5.32 Å². The molecular formula is C17H18N2O2. The van der Waals surface area contributed by atoms with Crippen LogP contribution in [0, 0.1) is 0 Å². The molecule has 2 aromatic rings. The van der Waals surface area contributed by atoms with Crippen molar-refractivity contribution >= 4 is 5.84 Å². The van der Waals surface area contributed by atoms with E-state index in [2.05, 4.69) is 10.3 Å². The second kappa shape index (κ2) is 6.31. The molecular weight excluding hydrogens is 264 g/mol. The number of nitrogens with zero attached hydrogens (tertiary/aromatic N) is 1. The van der Waals surface area contributed by atoms with Crippen LogP contribution in [0.1, 0.15) is 11.1 Å². The van der Waals surface area contributed by atoms with Crippen LogP contribution >= 0.6 is 0 Å². The highest BCUT2D eigenvalue weighted by atomic mass is 16.5. The quantitative estimate of drug-likeness (QED) is 0.916. The smallest absolute Gasteiger partial charge is 0.172 e. The summed E-state index contributed by atoms with van der Waals surface area (Å²) in [4.78, 5) is 4.47. The monoisotopic (exact) mass is 282 g/mol. The van der Waals surface area contributed by atoms with Crippen molar-refractivity contribution in [3.63, 3.8) is 0 Å². The molecule has 0 radical (unpaired) electrons. The zero-order valence-electron chi connectivity index (χ0n) is 12.0. The van der Waals surface area contributed by atoms with E-state index in [0.29, 0.717) is 6.61 Å². The summed E-state index contributed by atoms with van der Waals surface area (Å²) >= 11 is 0. The molecule has 4 nitrogen and oxygen atoms in total. The summed E-state index contributed by atoms with van der Waals surface area (Å²) in [7, 11) is 1.65. The van der Waals surface area contributed by atoms with Gasteiger partial charge in [0.1, 0.15) is 12.4 Å². The molecule has 0 aliphatic carbocycles. The first-order valence-corrected chi connectivity index (χ1v) is 7.01. The Labute approximate surface area is 124 Å². The Bertz CT molecular complexity index is 638. The molecule has 108 valence electrons. The Hall–Kier alpha value is -2.49. The molecule has 0 amide bonds. The number of hydrogen-bond acceptors (Lipinski definition) is 4. The van der Waals surface area contributed by atoms with Crippen molar-refractivity contribution < 1.29 is 9.47 Å². The van der Waals surface area contributed by atoms with E-state index in [0.717, 1.165) is 41.6 Å². The summed E-state index contributed by atoms with van der Waals surface area (Å²) in [6.45, 7) is 2.16. The van der Waals surface area contributed by atoms with Gasteiger partial charge in [-0.2, -0.15) is 0 Å². The Kier molecular flexibility index (Phi) is 4.05. The largest absolute Gasteiger partial charge is 0.493 e. The van der Waals surface area contributed by atoms with Crippen molar-refractivity contribution in [2.75, 3.05) is 20.2 Å². The first-order chi connectivity index (χ1) is 10.4. The molecule has 0 saturated heterocycles. The summed E-state index contributed by atoms with van der Waals surface area (Å²) in [5.41, 5.74) is 2.07. The first-order valence-electron chi connectivity index (χ1n) is 7.01. The Morgan fingerprint density at radius 1 is 1.10 bits per heavy atom. The molecule has 0 fully saturated rings. The number of rotatable bonds is 5. The number of ether oxygens (including phenoxy) is 2. The summed E-state index contributed by atoms with van der Waals surface area (Å²) in [6.07, 6.45) is 0. The van der Waals surface area contributed by atoms with E-state index in [4.69, 9.17) is 9.47 Å². The summed E-state index contributed by atoms with van der Waals surface area (Å²) < 4.78 is 11.4. The van der Waals surface area contributed by atoms with E-state index < -0.39 is 0 Å². The van der Waals surface area contributed by atoms with Crippen LogP contribution in [-0.4, -0.2) is 26.0 Å². The molecule has 0 atom stereocenters. The molecule has 1 aliphatic heterocycles. The molecule has 21 heavy (non-hydrogen) atoms. The highest BCUT2D eigenvalue weighted by Crippen LogP contribution is 2.32. The van der Waals surface area contributed by atoms with E-state index >= 15 is 0 Å². The first kappa shape index (κ1) is 13.5. The third-order valence-corrected chi connectivity index (χ3v) is 3.35. The molecule has 1 N–H and O–H groups in total. The Balaban J connectivity index is 1.88. The zero-order valence-corrected chi connectivity index (χ0v) is 12.0. The van der Waals surface area contributed by atoms with E-state index in [9.17, 15) is 0 Å². The minimum atomic E-state index is 0.501. The zero-order chi connectivity index (χ0) is 14.5. The molecule has 0 spiro atoms. The highest BCUT2D eigenvalue weighted by Gasteiger charge is 2.17. The van der Waals surface area contributed by atoms with Gasteiger partial charge in [0.25, 0.3) is 0 Å². The topological polar surface area (TPSA) is 42.8 Å². The van der Waals surface area contributed by atoms with Crippen LogP contribution in [0.4, 0.5) is 0 Å². The van der Waals surface area contributed by atoms with E-state index in [1.807, 2.05) is 48.5 Å². The minimum absolute atomic E-state index is 0.501. The van der Waals surface area contributed by atoms with Gasteiger partial charge in [-0.05, 0) is 17.7 Å². The fraction of sp³-hybridized carbons (Fsp3) is 0.235. The van der Waals surface area contributed by atoms with Gasteiger partial charge in [0, 0.05) is 6.54 Å². The van der Waals surface area contributed by atoms with Gasteiger partial charge < -0.3 is 14.8 Å². The van der Waals surface area contributed by atoms with E-state index in [1.54, 1.807) is 7.11 Å².